The number of nitrogens with zero attached hydrogens (tertiary/aromatic N) is 2. The van der Waals surface area contributed by atoms with Crippen LogP contribution in [0.2, 0.25) is 5.02 Å². The van der Waals surface area contributed by atoms with Crippen LogP contribution in [0.25, 0.3) is 0 Å². The van der Waals surface area contributed by atoms with Crippen molar-refractivity contribution in [3.8, 4) is 0 Å². The Labute approximate surface area is 129 Å². The predicted octanol–water partition coefficient (Wildman–Crippen LogP) is 2.40. The van der Waals surface area contributed by atoms with Crippen molar-refractivity contribution in [3.05, 3.63) is 34.6 Å². The van der Waals surface area contributed by atoms with Crippen LogP contribution < -0.4 is 5.73 Å². The zero-order valence-electron chi connectivity index (χ0n) is 12.4. The molecule has 1 fully saturated rings. The average Bonchev–Trinajstić information content (AvgIpc) is 2.45. The van der Waals surface area contributed by atoms with Crippen LogP contribution in [0, 0.1) is 5.82 Å². The number of hydrogen-bond donors (Lipinski definition) is 1. The molecule has 0 unspecified atom stereocenters. The van der Waals surface area contributed by atoms with Crippen LogP contribution in [0.3, 0.4) is 0 Å². The largest absolute Gasteiger partial charge is 0.378 e. The van der Waals surface area contributed by atoms with Crippen LogP contribution in [-0.2, 0) is 10.2 Å². The first kappa shape index (κ1) is 16.0. The minimum absolute atomic E-state index is 0.318. The van der Waals surface area contributed by atoms with Gasteiger partial charge in [0.05, 0.1) is 19.8 Å². The van der Waals surface area contributed by atoms with E-state index in [-0.39, 0.29) is 11.2 Å². The van der Waals surface area contributed by atoms with E-state index in [0.29, 0.717) is 30.7 Å². The number of aliphatic imine (C=N–C) groups is 1. The second-order valence-electron chi connectivity index (χ2n) is 5.78. The Morgan fingerprint density at radius 3 is 2.71 bits per heavy atom. The summed E-state index contributed by atoms with van der Waals surface area (Å²) >= 11 is 6.13. The molecule has 6 heteroatoms. The summed E-state index contributed by atoms with van der Waals surface area (Å²) in [5, 5.41) is 0.417. The molecule has 21 heavy (non-hydrogen) atoms. The van der Waals surface area contributed by atoms with Gasteiger partial charge in [-0.3, -0.25) is 4.99 Å². The van der Waals surface area contributed by atoms with Gasteiger partial charge in [0, 0.05) is 23.5 Å². The lowest BCUT2D eigenvalue weighted by atomic mass is 9.84. The third kappa shape index (κ3) is 4.08. The Balaban J connectivity index is 2.09. The van der Waals surface area contributed by atoms with Gasteiger partial charge in [0.1, 0.15) is 5.82 Å². The summed E-state index contributed by atoms with van der Waals surface area (Å²) in [6.07, 6.45) is 0. The molecular weight excluding hydrogens is 293 g/mol. The fourth-order valence-corrected chi connectivity index (χ4v) is 2.72. The van der Waals surface area contributed by atoms with Crippen LogP contribution in [-0.4, -0.2) is 43.7 Å². The standard InChI is InChI=1S/C15H21ClFN3O/c1-15(2,12-4-3-11(17)9-13(12)16)10-19-14(18)20-5-7-21-8-6-20/h3-4,9H,5-8,10H2,1-2H3,(H2,18,19). The van der Waals surface area contributed by atoms with Crippen LogP contribution >= 0.6 is 11.6 Å². The highest BCUT2D eigenvalue weighted by Crippen LogP contribution is 2.30. The molecule has 0 atom stereocenters. The fourth-order valence-electron chi connectivity index (χ4n) is 2.29. The molecule has 4 nitrogen and oxygen atoms in total. The monoisotopic (exact) mass is 313 g/mol. The summed E-state index contributed by atoms with van der Waals surface area (Å²) in [5.74, 6) is 0.181. The van der Waals surface area contributed by atoms with Crippen LogP contribution in [0.1, 0.15) is 19.4 Å². The third-order valence-corrected chi connectivity index (χ3v) is 3.94. The minimum atomic E-state index is -0.337. The van der Waals surface area contributed by atoms with E-state index in [2.05, 4.69) is 4.99 Å². The maximum Gasteiger partial charge on any atom is 0.191 e. The van der Waals surface area contributed by atoms with E-state index in [1.807, 2.05) is 18.7 Å². The van der Waals surface area contributed by atoms with Gasteiger partial charge < -0.3 is 15.4 Å². The SMILES string of the molecule is CC(C)(CN=C(N)N1CCOCC1)c1ccc(F)cc1Cl. The number of halogens is 2. The van der Waals surface area contributed by atoms with Gasteiger partial charge in [-0.05, 0) is 17.7 Å². The van der Waals surface area contributed by atoms with Gasteiger partial charge in [-0.2, -0.15) is 0 Å². The molecule has 116 valence electrons. The molecular formula is C15H21ClFN3O. The fraction of sp³-hybridized carbons (Fsp3) is 0.533. The van der Waals surface area contributed by atoms with Crippen molar-refractivity contribution in [1.82, 2.24) is 4.90 Å². The molecule has 0 spiro atoms. The summed E-state index contributed by atoms with van der Waals surface area (Å²) in [5.41, 5.74) is 6.57. The highest BCUT2D eigenvalue weighted by Gasteiger charge is 2.24. The molecule has 0 bridgehead atoms. The number of rotatable bonds is 3. The Bertz CT molecular complexity index is 528. The normalized spacial score (nSPS) is 17.1. The van der Waals surface area contributed by atoms with E-state index in [0.717, 1.165) is 18.7 Å². The van der Waals surface area contributed by atoms with Crippen LogP contribution in [0.4, 0.5) is 4.39 Å². The summed E-state index contributed by atoms with van der Waals surface area (Å²) in [7, 11) is 0. The molecule has 1 aliphatic heterocycles. The van der Waals surface area contributed by atoms with Crippen LogP contribution in [0.5, 0.6) is 0 Å². The zero-order valence-corrected chi connectivity index (χ0v) is 13.2. The van der Waals surface area contributed by atoms with E-state index >= 15 is 0 Å². The summed E-state index contributed by atoms with van der Waals surface area (Å²) in [6, 6.07) is 4.45. The minimum Gasteiger partial charge on any atom is -0.378 e. The first-order valence-corrected chi connectivity index (χ1v) is 7.36. The number of ether oxygens (including phenoxy) is 1. The number of nitrogens with two attached hydrogens (primary N) is 1. The molecule has 0 radical (unpaired) electrons. The lowest BCUT2D eigenvalue weighted by Gasteiger charge is -2.29. The molecule has 1 saturated heterocycles. The van der Waals surface area contributed by atoms with Gasteiger partial charge in [0.2, 0.25) is 0 Å². The summed E-state index contributed by atoms with van der Waals surface area (Å²) < 4.78 is 18.4. The van der Waals surface area contributed by atoms with E-state index in [1.54, 1.807) is 6.07 Å². The second kappa shape index (κ2) is 6.62. The number of morpholine rings is 1. The molecule has 1 aliphatic rings. The van der Waals surface area contributed by atoms with Crippen molar-refractivity contribution in [3.63, 3.8) is 0 Å². The quantitative estimate of drug-likeness (QED) is 0.688. The van der Waals surface area contributed by atoms with E-state index in [4.69, 9.17) is 22.1 Å². The Morgan fingerprint density at radius 1 is 1.43 bits per heavy atom. The van der Waals surface area contributed by atoms with Crippen molar-refractivity contribution in [2.75, 3.05) is 32.8 Å². The molecule has 0 aromatic heterocycles. The van der Waals surface area contributed by atoms with E-state index < -0.39 is 0 Å². The van der Waals surface area contributed by atoms with Gasteiger partial charge in [0.15, 0.2) is 5.96 Å². The van der Waals surface area contributed by atoms with Crippen molar-refractivity contribution < 1.29 is 9.13 Å². The van der Waals surface area contributed by atoms with Gasteiger partial charge >= 0.3 is 0 Å². The predicted molar refractivity (Wildman–Crippen MR) is 83.3 cm³/mol. The Hall–Kier alpha value is -1.33. The maximum atomic E-state index is 13.1. The molecule has 0 saturated carbocycles. The van der Waals surface area contributed by atoms with Crippen molar-refractivity contribution in [2.45, 2.75) is 19.3 Å². The topological polar surface area (TPSA) is 50.8 Å². The summed E-state index contributed by atoms with van der Waals surface area (Å²) in [6.45, 7) is 7.37. The first-order chi connectivity index (χ1) is 9.90. The van der Waals surface area contributed by atoms with Gasteiger partial charge in [-0.25, -0.2) is 4.39 Å². The molecule has 1 aromatic carbocycles. The van der Waals surface area contributed by atoms with Crippen molar-refractivity contribution in [2.24, 2.45) is 10.7 Å². The molecule has 1 heterocycles. The maximum absolute atomic E-state index is 13.1. The van der Waals surface area contributed by atoms with E-state index in [9.17, 15) is 4.39 Å². The molecule has 2 N–H and O–H groups in total. The highest BCUT2D eigenvalue weighted by atomic mass is 35.5. The highest BCUT2D eigenvalue weighted by molar-refractivity contribution is 6.31. The van der Waals surface area contributed by atoms with E-state index in [1.165, 1.54) is 12.1 Å². The molecule has 0 amide bonds. The van der Waals surface area contributed by atoms with Crippen molar-refractivity contribution in [1.29, 1.82) is 0 Å². The van der Waals surface area contributed by atoms with Gasteiger partial charge in [-0.1, -0.05) is 31.5 Å². The average molecular weight is 314 g/mol. The number of hydrogen-bond acceptors (Lipinski definition) is 2. The molecule has 0 aliphatic carbocycles. The zero-order chi connectivity index (χ0) is 15.5. The lowest BCUT2D eigenvalue weighted by molar-refractivity contribution is 0.0674. The van der Waals surface area contributed by atoms with Gasteiger partial charge in [0.25, 0.3) is 0 Å². The Morgan fingerprint density at radius 2 is 2.10 bits per heavy atom. The van der Waals surface area contributed by atoms with Crippen LogP contribution in [0.15, 0.2) is 23.2 Å². The Kier molecular flexibility index (Phi) is 5.06. The van der Waals surface area contributed by atoms with Gasteiger partial charge in [-0.15, -0.1) is 0 Å². The number of guanidine groups is 1. The second-order valence-corrected chi connectivity index (χ2v) is 6.19. The molecule has 2 rings (SSSR count). The lowest BCUT2D eigenvalue weighted by Crippen LogP contribution is -2.45. The summed E-state index contributed by atoms with van der Waals surface area (Å²) in [4.78, 5) is 6.48. The molecule has 1 aromatic rings. The first-order valence-electron chi connectivity index (χ1n) is 6.98. The third-order valence-electron chi connectivity index (χ3n) is 3.63. The number of benzene rings is 1. The van der Waals surface area contributed by atoms with Crippen molar-refractivity contribution >= 4 is 17.6 Å². The smallest absolute Gasteiger partial charge is 0.191 e.